The van der Waals surface area contributed by atoms with E-state index < -0.39 is 5.91 Å². The van der Waals surface area contributed by atoms with Crippen LogP contribution in [0.25, 0.3) is 6.08 Å². The minimum absolute atomic E-state index is 0.0593. The van der Waals surface area contributed by atoms with Crippen molar-refractivity contribution in [2.75, 3.05) is 19.5 Å². The van der Waals surface area contributed by atoms with Crippen molar-refractivity contribution in [3.63, 3.8) is 0 Å². The van der Waals surface area contributed by atoms with Gasteiger partial charge in [-0.3, -0.25) is 4.79 Å². The molecule has 0 spiro atoms. The molecule has 0 bridgehead atoms. The molecule has 2 aromatic carbocycles. The number of benzene rings is 2. The maximum atomic E-state index is 12.6. The van der Waals surface area contributed by atoms with Gasteiger partial charge in [0.15, 0.2) is 11.5 Å². The van der Waals surface area contributed by atoms with Gasteiger partial charge in [0.05, 0.1) is 19.9 Å². The van der Waals surface area contributed by atoms with Crippen LogP contribution in [0.4, 0.5) is 5.69 Å². The van der Waals surface area contributed by atoms with Crippen LogP contribution >= 0.6 is 31.9 Å². The third-order valence-corrected chi connectivity index (χ3v) is 4.77. The number of halogens is 2. The van der Waals surface area contributed by atoms with Crippen LogP contribution in [0.5, 0.6) is 11.5 Å². The van der Waals surface area contributed by atoms with Crippen molar-refractivity contribution < 1.29 is 14.3 Å². The number of amides is 1. The number of nitrogens with zero attached hydrogens (tertiary/aromatic N) is 1. The van der Waals surface area contributed by atoms with Crippen LogP contribution in [0.15, 0.2) is 44.9 Å². The number of para-hydroxylation sites is 1. The highest BCUT2D eigenvalue weighted by Gasteiger charge is 2.16. The second kappa shape index (κ2) is 8.88. The molecular formula is C19H16Br2N2O3. The van der Waals surface area contributed by atoms with Crippen LogP contribution in [0.2, 0.25) is 0 Å². The monoisotopic (exact) mass is 478 g/mol. The minimum Gasteiger partial charge on any atom is -0.493 e. The summed E-state index contributed by atoms with van der Waals surface area (Å²) < 4.78 is 12.0. The fraction of sp³-hybridized carbons (Fsp3) is 0.158. The van der Waals surface area contributed by atoms with Crippen LogP contribution in [0.3, 0.4) is 0 Å². The molecule has 1 N–H and O–H groups in total. The SMILES string of the molecule is COc1cccc(/C=C(\C#N)C(=O)Nc2c(Br)cc(C)cc2Br)c1OC. The molecule has 0 atom stereocenters. The van der Waals surface area contributed by atoms with E-state index in [0.29, 0.717) is 31.7 Å². The van der Waals surface area contributed by atoms with E-state index in [-0.39, 0.29) is 5.57 Å². The van der Waals surface area contributed by atoms with E-state index in [0.717, 1.165) is 5.56 Å². The van der Waals surface area contributed by atoms with Gasteiger partial charge >= 0.3 is 0 Å². The third-order valence-electron chi connectivity index (χ3n) is 3.52. The van der Waals surface area contributed by atoms with Gasteiger partial charge in [0, 0.05) is 14.5 Å². The number of hydrogen-bond acceptors (Lipinski definition) is 4. The highest BCUT2D eigenvalue weighted by atomic mass is 79.9. The van der Waals surface area contributed by atoms with Gasteiger partial charge < -0.3 is 14.8 Å². The summed E-state index contributed by atoms with van der Waals surface area (Å²) in [6.07, 6.45) is 1.46. The first kappa shape index (κ1) is 20.0. The van der Waals surface area contributed by atoms with Crippen molar-refractivity contribution in [2.24, 2.45) is 0 Å². The molecule has 5 nitrogen and oxygen atoms in total. The Balaban J connectivity index is 2.39. The van der Waals surface area contributed by atoms with E-state index in [1.807, 2.05) is 25.1 Å². The lowest BCUT2D eigenvalue weighted by Crippen LogP contribution is -2.14. The number of aryl methyl sites for hydroxylation is 1. The number of carbonyl (C=O) groups excluding carboxylic acids is 1. The van der Waals surface area contributed by atoms with Crippen molar-refractivity contribution in [1.82, 2.24) is 0 Å². The zero-order chi connectivity index (χ0) is 19.3. The molecule has 0 aromatic heterocycles. The summed E-state index contributed by atoms with van der Waals surface area (Å²) >= 11 is 6.84. The van der Waals surface area contributed by atoms with E-state index in [2.05, 4.69) is 37.2 Å². The molecule has 2 aromatic rings. The zero-order valence-electron chi connectivity index (χ0n) is 14.4. The van der Waals surface area contributed by atoms with E-state index in [1.54, 1.807) is 18.2 Å². The molecule has 1 amide bonds. The van der Waals surface area contributed by atoms with Crippen molar-refractivity contribution in [1.29, 1.82) is 5.26 Å². The van der Waals surface area contributed by atoms with Crippen molar-refractivity contribution in [3.8, 4) is 17.6 Å². The highest BCUT2D eigenvalue weighted by molar-refractivity contribution is 9.11. The Morgan fingerprint density at radius 2 is 1.85 bits per heavy atom. The largest absolute Gasteiger partial charge is 0.493 e. The molecule has 26 heavy (non-hydrogen) atoms. The minimum atomic E-state index is -0.525. The molecule has 0 unspecified atom stereocenters. The predicted molar refractivity (Wildman–Crippen MR) is 108 cm³/mol. The number of methoxy groups -OCH3 is 2. The maximum Gasteiger partial charge on any atom is 0.266 e. The Morgan fingerprint density at radius 3 is 2.38 bits per heavy atom. The maximum absolute atomic E-state index is 12.6. The topological polar surface area (TPSA) is 71.3 Å². The first-order valence-corrected chi connectivity index (χ1v) is 9.09. The summed E-state index contributed by atoms with van der Waals surface area (Å²) in [5, 5.41) is 12.2. The van der Waals surface area contributed by atoms with Crippen LogP contribution in [0.1, 0.15) is 11.1 Å². The second-order valence-electron chi connectivity index (χ2n) is 5.31. The lowest BCUT2D eigenvalue weighted by molar-refractivity contribution is -0.112. The van der Waals surface area contributed by atoms with Gasteiger partial charge in [-0.2, -0.15) is 5.26 Å². The normalized spacial score (nSPS) is 10.8. The molecule has 0 aliphatic heterocycles. The van der Waals surface area contributed by atoms with Gasteiger partial charge in [-0.05, 0) is 68.6 Å². The number of carbonyl (C=O) groups is 1. The summed E-state index contributed by atoms with van der Waals surface area (Å²) in [7, 11) is 3.03. The molecule has 0 radical (unpaired) electrons. The van der Waals surface area contributed by atoms with Crippen molar-refractivity contribution >= 4 is 49.5 Å². The van der Waals surface area contributed by atoms with Crippen molar-refractivity contribution in [3.05, 3.63) is 56.0 Å². The number of nitriles is 1. The molecule has 134 valence electrons. The van der Waals surface area contributed by atoms with Gasteiger partial charge in [-0.15, -0.1) is 0 Å². The smallest absolute Gasteiger partial charge is 0.266 e. The lowest BCUT2D eigenvalue weighted by atomic mass is 10.1. The summed E-state index contributed by atoms with van der Waals surface area (Å²) in [4.78, 5) is 12.6. The van der Waals surface area contributed by atoms with Crippen LogP contribution < -0.4 is 14.8 Å². The van der Waals surface area contributed by atoms with Gasteiger partial charge in [-0.1, -0.05) is 12.1 Å². The Labute approximate surface area is 168 Å². The van der Waals surface area contributed by atoms with E-state index >= 15 is 0 Å². The summed E-state index contributed by atoms with van der Waals surface area (Å²) in [5.41, 5.74) is 2.09. The van der Waals surface area contributed by atoms with Gasteiger partial charge in [0.2, 0.25) is 0 Å². The summed E-state index contributed by atoms with van der Waals surface area (Å²) in [6, 6.07) is 10.9. The Morgan fingerprint density at radius 1 is 1.19 bits per heavy atom. The molecule has 0 aliphatic carbocycles. The number of hydrogen-bond donors (Lipinski definition) is 1. The van der Waals surface area contributed by atoms with Gasteiger partial charge in [0.25, 0.3) is 5.91 Å². The van der Waals surface area contributed by atoms with Gasteiger partial charge in [0.1, 0.15) is 11.6 Å². The molecule has 0 saturated heterocycles. The molecular weight excluding hydrogens is 464 g/mol. The number of ether oxygens (including phenoxy) is 2. The third kappa shape index (κ3) is 4.45. The first-order chi connectivity index (χ1) is 12.4. The molecule has 2 rings (SSSR count). The number of anilines is 1. The van der Waals surface area contributed by atoms with Gasteiger partial charge in [-0.25, -0.2) is 0 Å². The average Bonchev–Trinajstić information content (AvgIpc) is 2.61. The standard InChI is InChI=1S/C19H16Br2N2O3/c1-11-7-14(20)17(15(21)8-11)23-19(24)13(10-22)9-12-5-4-6-16(25-2)18(12)26-3/h4-9H,1-3H3,(H,23,24)/b13-9+. The highest BCUT2D eigenvalue weighted by Crippen LogP contribution is 2.34. The molecule has 0 heterocycles. The Kier molecular flexibility index (Phi) is 6.83. The Bertz CT molecular complexity index is 894. The predicted octanol–water partition coefficient (Wildman–Crippen LogP) is 5.08. The fourth-order valence-corrected chi connectivity index (χ4v) is 3.94. The van der Waals surface area contributed by atoms with E-state index in [9.17, 15) is 10.1 Å². The molecule has 0 aliphatic rings. The molecule has 7 heteroatoms. The van der Waals surface area contributed by atoms with Crippen LogP contribution in [0, 0.1) is 18.3 Å². The summed E-state index contributed by atoms with van der Waals surface area (Å²) in [6.45, 7) is 1.94. The molecule has 0 fully saturated rings. The number of rotatable bonds is 5. The second-order valence-corrected chi connectivity index (χ2v) is 7.02. The average molecular weight is 480 g/mol. The van der Waals surface area contributed by atoms with Crippen LogP contribution in [-0.2, 0) is 4.79 Å². The van der Waals surface area contributed by atoms with E-state index in [4.69, 9.17) is 9.47 Å². The summed E-state index contributed by atoms with van der Waals surface area (Å²) in [5.74, 6) is 0.443. The lowest BCUT2D eigenvalue weighted by Gasteiger charge is -2.12. The van der Waals surface area contributed by atoms with Crippen molar-refractivity contribution in [2.45, 2.75) is 6.92 Å². The quantitative estimate of drug-likeness (QED) is 0.479. The van der Waals surface area contributed by atoms with Crippen LogP contribution in [-0.4, -0.2) is 20.1 Å². The number of nitrogens with one attached hydrogen (secondary N) is 1. The molecule has 0 saturated carbocycles. The zero-order valence-corrected chi connectivity index (χ0v) is 17.6. The first-order valence-electron chi connectivity index (χ1n) is 7.51. The fourth-order valence-electron chi connectivity index (χ4n) is 2.33. The Hall–Kier alpha value is -2.30. The van der Waals surface area contributed by atoms with E-state index in [1.165, 1.54) is 20.3 Å².